The van der Waals surface area contributed by atoms with Crippen molar-refractivity contribution in [2.45, 2.75) is 0 Å². The number of carbonyl (C=O) groups is 1. The molecule has 126 valence electrons. The molecular weight excluding hydrogens is 310 g/mol. The van der Waals surface area contributed by atoms with Crippen LogP contribution in [0.25, 0.3) is 11.1 Å². The minimum absolute atomic E-state index is 0.261. The van der Waals surface area contributed by atoms with Gasteiger partial charge in [-0.1, -0.05) is 48.5 Å². The van der Waals surface area contributed by atoms with Gasteiger partial charge in [0, 0.05) is 31.2 Å². The van der Waals surface area contributed by atoms with E-state index < -0.39 is 0 Å². The highest BCUT2D eigenvalue weighted by atomic mass is 16.2. The number of hydrogen-bond donors (Lipinski definition) is 2. The fourth-order valence-electron chi connectivity index (χ4n) is 2.53. The number of nitrogens with zero attached hydrogens (tertiary/aromatic N) is 1. The normalized spacial score (nSPS) is 10.2. The Kier molecular flexibility index (Phi) is 5.00. The number of urea groups is 1. The molecule has 0 aliphatic rings. The van der Waals surface area contributed by atoms with E-state index >= 15 is 0 Å². The van der Waals surface area contributed by atoms with Crippen LogP contribution in [0.1, 0.15) is 0 Å². The predicted octanol–water partition coefficient (Wildman–Crippen LogP) is 5.06. The van der Waals surface area contributed by atoms with Crippen molar-refractivity contribution in [1.29, 1.82) is 0 Å². The zero-order valence-corrected chi connectivity index (χ0v) is 14.4. The Morgan fingerprint density at radius 1 is 0.720 bits per heavy atom. The van der Waals surface area contributed by atoms with Crippen molar-refractivity contribution in [3.63, 3.8) is 0 Å². The summed E-state index contributed by atoms with van der Waals surface area (Å²) >= 11 is 0. The van der Waals surface area contributed by atoms with Gasteiger partial charge in [-0.3, -0.25) is 0 Å². The van der Waals surface area contributed by atoms with Crippen LogP contribution in [0.15, 0.2) is 78.9 Å². The Bertz CT molecular complexity index is 843. The maximum absolute atomic E-state index is 12.2. The van der Waals surface area contributed by atoms with E-state index in [2.05, 4.69) is 22.8 Å². The van der Waals surface area contributed by atoms with Crippen LogP contribution in [0, 0.1) is 0 Å². The highest BCUT2D eigenvalue weighted by molar-refractivity contribution is 6.00. The Morgan fingerprint density at radius 2 is 1.36 bits per heavy atom. The third-order valence-corrected chi connectivity index (χ3v) is 3.87. The summed E-state index contributed by atoms with van der Waals surface area (Å²) in [6.07, 6.45) is 0. The minimum Gasteiger partial charge on any atom is -0.378 e. The largest absolute Gasteiger partial charge is 0.378 e. The topological polar surface area (TPSA) is 44.4 Å². The molecule has 3 rings (SSSR count). The van der Waals surface area contributed by atoms with Crippen molar-refractivity contribution in [1.82, 2.24) is 0 Å². The quantitative estimate of drug-likeness (QED) is 0.701. The molecule has 3 aromatic rings. The van der Waals surface area contributed by atoms with Gasteiger partial charge in [0.2, 0.25) is 0 Å². The Morgan fingerprint density at radius 3 is 2.04 bits per heavy atom. The maximum Gasteiger partial charge on any atom is 0.323 e. The van der Waals surface area contributed by atoms with E-state index in [1.54, 1.807) is 0 Å². The molecular formula is C21H21N3O. The van der Waals surface area contributed by atoms with Crippen LogP contribution < -0.4 is 15.5 Å². The lowest BCUT2D eigenvalue weighted by molar-refractivity contribution is 0.262. The first-order chi connectivity index (χ1) is 12.1. The molecule has 0 fully saturated rings. The van der Waals surface area contributed by atoms with E-state index in [4.69, 9.17) is 0 Å². The van der Waals surface area contributed by atoms with Crippen molar-refractivity contribution < 1.29 is 4.79 Å². The summed E-state index contributed by atoms with van der Waals surface area (Å²) in [6, 6.07) is 25.4. The zero-order valence-electron chi connectivity index (χ0n) is 14.4. The van der Waals surface area contributed by atoms with Gasteiger partial charge in [0.05, 0.1) is 0 Å². The lowest BCUT2D eigenvalue weighted by Crippen LogP contribution is -2.19. The molecule has 3 aromatic carbocycles. The standard InChI is InChI=1S/C21H21N3O/c1-24(2)20-10-6-9-19(15-20)23-21(25)22-18-13-11-17(12-14-18)16-7-4-3-5-8-16/h3-15H,1-2H3,(H2,22,23,25). The monoisotopic (exact) mass is 331 g/mol. The summed E-state index contributed by atoms with van der Waals surface area (Å²) < 4.78 is 0. The summed E-state index contributed by atoms with van der Waals surface area (Å²) in [7, 11) is 3.93. The van der Waals surface area contributed by atoms with Crippen LogP contribution in [-0.2, 0) is 0 Å². The number of nitrogens with one attached hydrogen (secondary N) is 2. The smallest absolute Gasteiger partial charge is 0.323 e. The van der Waals surface area contributed by atoms with Gasteiger partial charge in [-0.05, 0) is 41.5 Å². The van der Waals surface area contributed by atoms with Crippen molar-refractivity contribution in [2.24, 2.45) is 0 Å². The van der Waals surface area contributed by atoms with Gasteiger partial charge >= 0.3 is 6.03 Å². The molecule has 0 radical (unpaired) electrons. The van der Waals surface area contributed by atoms with Crippen molar-refractivity contribution in [3.05, 3.63) is 78.9 Å². The van der Waals surface area contributed by atoms with E-state index in [0.29, 0.717) is 0 Å². The number of amides is 2. The molecule has 0 spiro atoms. The second kappa shape index (κ2) is 7.53. The summed E-state index contributed by atoms with van der Waals surface area (Å²) in [4.78, 5) is 14.2. The van der Waals surface area contributed by atoms with E-state index in [1.165, 1.54) is 0 Å². The average Bonchev–Trinajstić information content (AvgIpc) is 2.63. The van der Waals surface area contributed by atoms with Gasteiger partial charge in [0.1, 0.15) is 0 Å². The van der Waals surface area contributed by atoms with Crippen LogP contribution in [-0.4, -0.2) is 20.1 Å². The number of hydrogen-bond acceptors (Lipinski definition) is 2. The molecule has 2 amide bonds. The first kappa shape index (κ1) is 16.6. The van der Waals surface area contributed by atoms with Gasteiger partial charge in [0.25, 0.3) is 0 Å². The number of rotatable bonds is 4. The summed E-state index contributed by atoms with van der Waals surface area (Å²) in [5, 5.41) is 5.71. The Labute approximate surface area is 148 Å². The number of anilines is 3. The lowest BCUT2D eigenvalue weighted by Gasteiger charge is -2.14. The Balaban J connectivity index is 1.64. The molecule has 0 unspecified atom stereocenters. The lowest BCUT2D eigenvalue weighted by atomic mass is 10.1. The molecule has 0 atom stereocenters. The fourth-order valence-corrected chi connectivity index (χ4v) is 2.53. The summed E-state index contributed by atoms with van der Waals surface area (Å²) in [5.74, 6) is 0. The van der Waals surface area contributed by atoms with Crippen molar-refractivity contribution in [3.8, 4) is 11.1 Å². The van der Waals surface area contributed by atoms with Gasteiger partial charge in [-0.25, -0.2) is 4.79 Å². The molecule has 0 bridgehead atoms. The van der Waals surface area contributed by atoms with Gasteiger partial charge in [-0.15, -0.1) is 0 Å². The SMILES string of the molecule is CN(C)c1cccc(NC(=O)Nc2ccc(-c3ccccc3)cc2)c1. The molecule has 0 aromatic heterocycles. The highest BCUT2D eigenvalue weighted by Crippen LogP contribution is 2.21. The summed E-state index contributed by atoms with van der Waals surface area (Å²) in [5.41, 5.74) is 4.81. The van der Waals surface area contributed by atoms with Crippen molar-refractivity contribution in [2.75, 3.05) is 29.6 Å². The van der Waals surface area contributed by atoms with Crippen LogP contribution in [0.4, 0.5) is 21.9 Å². The second-order valence-corrected chi connectivity index (χ2v) is 5.97. The summed E-state index contributed by atoms with van der Waals surface area (Å²) in [6.45, 7) is 0. The molecule has 25 heavy (non-hydrogen) atoms. The number of benzene rings is 3. The third-order valence-electron chi connectivity index (χ3n) is 3.87. The van der Waals surface area contributed by atoms with E-state index in [9.17, 15) is 4.79 Å². The Hall–Kier alpha value is -3.27. The van der Waals surface area contributed by atoms with Crippen LogP contribution in [0.5, 0.6) is 0 Å². The van der Waals surface area contributed by atoms with E-state index in [-0.39, 0.29) is 6.03 Å². The fraction of sp³-hybridized carbons (Fsp3) is 0.0952. The molecule has 4 heteroatoms. The third kappa shape index (κ3) is 4.38. The zero-order chi connectivity index (χ0) is 17.6. The van der Waals surface area contributed by atoms with Gasteiger partial charge in [-0.2, -0.15) is 0 Å². The number of carbonyl (C=O) groups excluding carboxylic acids is 1. The second-order valence-electron chi connectivity index (χ2n) is 5.97. The average molecular weight is 331 g/mol. The minimum atomic E-state index is -0.261. The molecule has 0 saturated heterocycles. The predicted molar refractivity (Wildman–Crippen MR) is 105 cm³/mol. The van der Waals surface area contributed by atoms with Gasteiger partial charge < -0.3 is 15.5 Å². The van der Waals surface area contributed by atoms with Gasteiger partial charge in [0.15, 0.2) is 0 Å². The van der Waals surface area contributed by atoms with E-state index in [1.807, 2.05) is 85.7 Å². The molecule has 0 aliphatic carbocycles. The first-order valence-corrected chi connectivity index (χ1v) is 8.13. The van der Waals surface area contributed by atoms with Crippen molar-refractivity contribution >= 4 is 23.1 Å². The molecule has 0 saturated carbocycles. The molecule has 0 aliphatic heterocycles. The first-order valence-electron chi connectivity index (χ1n) is 8.13. The molecule has 0 heterocycles. The maximum atomic E-state index is 12.2. The van der Waals surface area contributed by atoms with Crippen LogP contribution in [0.2, 0.25) is 0 Å². The molecule has 4 nitrogen and oxygen atoms in total. The van der Waals surface area contributed by atoms with Crippen LogP contribution in [0.3, 0.4) is 0 Å². The van der Waals surface area contributed by atoms with Crippen LogP contribution >= 0.6 is 0 Å². The van der Waals surface area contributed by atoms with E-state index in [0.717, 1.165) is 28.2 Å². The molecule has 2 N–H and O–H groups in total. The highest BCUT2D eigenvalue weighted by Gasteiger charge is 2.05.